The predicted octanol–water partition coefficient (Wildman–Crippen LogP) is 1.84. The molecule has 2 N–H and O–H groups in total. The molecule has 106 valence electrons. The highest BCUT2D eigenvalue weighted by Crippen LogP contribution is 2.17. The maximum Gasteiger partial charge on any atom is 0.236 e. The summed E-state index contributed by atoms with van der Waals surface area (Å²) in [7, 11) is 1.64. The molecule has 0 aromatic rings. The lowest BCUT2D eigenvalue weighted by molar-refractivity contribution is -0.123. The number of rotatable bonds is 6. The van der Waals surface area contributed by atoms with Gasteiger partial charge in [0.05, 0.1) is 12.6 Å². The Labute approximate surface area is 111 Å². The van der Waals surface area contributed by atoms with Crippen molar-refractivity contribution >= 4 is 5.91 Å². The normalized spacial score (nSPS) is 19.9. The van der Waals surface area contributed by atoms with Gasteiger partial charge in [-0.25, -0.2) is 0 Å². The number of hydrogen-bond donors (Lipinski definition) is 2. The molecular formula is C14H28N2O2. The van der Waals surface area contributed by atoms with Crippen molar-refractivity contribution in [2.24, 2.45) is 0 Å². The first-order valence-electron chi connectivity index (χ1n) is 7.26. The van der Waals surface area contributed by atoms with Crippen LogP contribution in [0.15, 0.2) is 0 Å². The van der Waals surface area contributed by atoms with Crippen molar-refractivity contribution in [1.82, 2.24) is 10.6 Å². The summed E-state index contributed by atoms with van der Waals surface area (Å²) in [5.41, 5.74) is 0. The fourth-order valence-electron chi connectivity index (χ4n) is 2.48. The fraction of sp³-hybridized carbons (Fsp3) is 0.929. The molecule has 0 bridgehead atoms. The van der Waals surface area contributed by atoms with E-state index in [4.69, 9.17) is 4.74 Å². The Morgan fingerprint density at radius 2 is 1.83 bits per heavy atom. The lowest BCUT2D eigenvalue weighted by Gasteiger charge is -2.24. The Morgan fingerprint density at radius 1 is 1.22 bits per heavy atom. The quantitative estimate of drug-likeness (QED) is 0.713. The molecular weight excluding hydrogens is 228 g/mol. The summed E-state index contributed by atoms with van der Waals surface area (Å²) >= 11 is 0. The van der Waals surface area contributed by atoms with Crippen LogP contribution in [-0.2, 0) is 9.53 Å². The zero-order chi connectivity index (χ0) is 13.2. The molecule has 1 rings (SSSR count). The predicted molar refractivity (Wildman–Crippen MR) is 73.6 cm³/mol. The zero-order valence-corrected chi connectivity index (χ0v) is 11.8. The van der Waals surface area contributed by atoms with Gasteiger partial charge in [-0.3, -0.25) is 4.79 Å². The van der Waals surface area contributed by atoms with Gasteiger partial charge in [-0.1, -0.05) is 32.1 Å². The number of hydrogen-bond acceptors (Lipinski definition) is 3. The lowest BCUT2D eigenvalue weighted by atomic mass is 9.96. The van der Waals surface area contributed by atoms with E-state index < -0.39 is 0 Å². The van der Waals surface area contributed by atoms with Gasteiger partial charge in [-0.15, -0.1) is 0 Å². The van der Waals surface area contributed by atoms with E-state index in [0.29, 0.717) is 19.2 Å². The molecule has 0 radical (unpaired) electrons. The molecule has 0 heterocycles. The molecule has 0 aliphatic heterocycles. The molecule has 4 nitrogen and oxygen atoms in total. The molecule has 0 spiro atoms. The number of methoxy groups -OCH3 is 1. The minimum absolute atomic E-state index is 0.0779. The Morgan fingerprint density at radius 3 is 2.44 bits per heavy atom. The van der Waals surface area contributed by atoms with Crippen LogP contribution in [0.4, 0.5) is 0 Å². The second kappa shape index (κ2) is 9.34. The van der Waals surface area contributed by atoms with Crippen LogP contribution in [0.3, 0.4) is 0 Å². The van der Waals surface area contributed by atoms with Crippen LogP contribution in [-0.4, -0.2) is 38.3 Å². The average Bonchev–Trinajstić information content (AvgIpc) is 2.32. The highest BCUT2D eigenvalue weighted by atomic mass is 16.5. The molecule has 1 aliphatic rings. The Hall–Kier alpha value is -0.610. The first kappa shape index (κ1) is 15.4. The van der Waals surface area contributed by atoms with E-state index in [1.807, 2.05) is 6.92 Å². The second-order valence-electron chi connectivity index (χ2n) is 5.21. The summed E-state index contributed by atoms with van der Waals surface area (Å²) in [6, 6.07) is 0.403. The molecule has 1 aliphatic carbocycles. The molecule has 4 heteroatoms. The van der Waals surface area contributed by atoms with Crippen molar-refractivity contribution in [3.63, 3.8) is 0 Å². The van der Waals surface area contributed by atoms with E-state index in [1.165, 1.54) is 44.9 Å². The highest BCUT2D eigenvalue weighted by molar-refractivity contribution is 5.81. The number of carbonyl (C=O) groups excluding carboxylic acids is 1. The Kier molecular flexibility index (Phi) is 8.01. The maximum absolute atomic E-state index is 11.8. The van der Waals surface area contributed by atoms with Crippen molar-refractivity contribution in [2.45, 2.75) is 64.0 Å². The molecule has 0 aromatic heterocycles. The van der Waals surface area contributed by atoms with Crippen LogP contribution in [0.1, 0.15) is 51.9 Å². The largest absolute Gasteiger partial charge is 0.383 e. The van der Waals surface area contributed by atoms with Crippen LogP contribution in [0.25, 0.3) is 0 Å². The molecule has 1 unspecified atom stereocenters. The molecule has 0 saturated heterocycles. The Bertz CT molecular complexity index is 226. The third-order valence-electron chi connectivity index (χ3n) is 3.59. The number of amides is 1. The molecule has 18 heavy (non-hydrogen) atoms. The van der Waals surface area contributed by atoms with Crippen molar-refractivity contribution in [1.29, 1.82) is 0 Å². The van der Waals surface area contributed by atoms with Crippen molar-refractivity contribution in [3.05, 3.63) is 0 Å². The van der Waals surface area contributed by atoms with Gasteiger partial charge in [-0.2, -0.15) is 0 Å². The lowest BCUT2D eigenvalue weighted by Crippen LogP contribution is -2.47. The van der Waals surface area contributed by atoms with Gasteiger partial charge in [-0.05, 0) is 19.8 Å². The third-order valence-corrected chi connectivity index (χ3v) is 3.59. The number of ether oxygens (including phenoxy) is 1. The standard InChI is InChI=1S/C14H28N2O2/c1-12(14(17)15-10-11-18-2)16-13-8-6-4-3-5-7-9-13/h12-13,16H,3-11H2,1-2H3,(H,15,17). The smallest absolute Gasteiger partial charge is 0.236 e. The van der Waals surface area contributed by atoms with Crippen LogP contribution in [0, 0.1) is 0 Å². The molecule has 1 atom stereocenters. The van der Waals surface area contributed by atoms with Gasteiger partial charge >= 0.3 is 0 Å². The van der Waals surface area contributed by atoms with Crippen LogP contribution < -0.4 is 10.6 Å². The van der Waals surface area contributed by atoms with E-state index in [1.54, 1.807) is 7.11 Å². The first-order valence-corrected chi connectivity index (χ1v) is 7.26. The fourth-order valence-corrected chi connectivity index (χ4v) is 2.48. The maximum atomic E-state index is 11.8. The van der Waals surface area contributed by atoms with Gasteiger partial charge in [0.25, 0.3) is 0 Å². The summed E-state index contributed by atoms with van der Waals surface area (Å²) < 4.78 is 4.92. The Balaban J connectivity index is 2.23. The zero-order valence-electron chi connectivity index (χ0n) is 11.8. The van der Waals surface area contributed by atoms with Crippen molar-refractivity contribution < 1.29 is 9.53 Å². The van der Waals surface area contributed by atoms with E-state index in [9.17, 15) is 4.79 Å². The summed E-state index contributed by atoms with van der Waals surface area (Å²) in [5, 5.41) is 6.33. The van der Waals surface area contributed by atoms with E-state index >= 15 is 0 Å². The van der Waals surface area contributed by atoms with Crippen molar-refractivity contribution in [2.75, 3.05) is 20.3 Å². The van der Waals surface area contributed by atoms with Gasteiger partial charge < -0.3 is 15.4 Å². The average molecular weight is 256 g/mol. The number of carbonyl (C=O) groups is 1. The van der Waals surface area contributed by atoms with Gasteiger partial charge in [0.1, 0.15) is 0 Å². The highest BCUT2D eigenvalue weighted by Gasteiger charge is 2.18. The molecule has 1 saturated carbocycles. The van der Waals surface area contributed by atoms with Crippen LogP contribution in [0.5, 0.6) is 0 Å². The summed E-state index contributed by atoms with van der Waals surface area (Å²) in [4.78, 5) is 11.8. The second-order valence-corrected chi connectivity index (χ2v) is 5.21. The first-order chi connectivity index (χ1) is 8.74. The summed E-state index contributed by atoms with van der Waals surface area (Å²) in [5.74, 6) is 0.0779. The SMILES string of the molecule is COCCNC(=O)C(C)NC1CCCCCCC1. The van der Waals surface area contributed by atoms with E-state index in [2.05, 4.69) is 10.6 Å². The van der Waals surface area contributed by atoms with Gasteiger partial charge in [0.15, 0.2) is 0 Å². The summed E-state index contributed by atoms with van der Waals surface area (Å²) in [6.07, 6.45) is 9.04. The minimum atomic E-state index is -0.105. The van der Waals surface area contributed by atoms with E-state index in [0.717, 1.165) is 0 Å². The van der Waals surface area contributed by atoms with Gasteiger partial charge in [0, 0.05) is 19.7 Å². The minimum Gasteiger partial charge on any atom is -0.383 e. The van der Waals surface area contributed by atoms with E-state index in [-0.39, 0.29) is 11.9 Å². The molecule has 0 aromatic carbocycles. The van der Waals surface area contributed by atoms with Crippen LogP contribution >= 0.6 is 0 Å². The van der Waals surface area contributed by atoms with Crippen LogP contribution in [0.2, 0.25) is 0 Å². The monoisotopic (exact) mass is 256 g/mol. The third kappa shape index (κ3) is 6.36. The van der Waals surface area contributed by atoms with Crippen molar-refractivity contribution in [3.8, 4) is 0 Å². The summed E-state index contributed by atoms with van der Waals surface area (Å²) in [6.45, 7) is 3.11. The molecule has 1 amide bonds. The molecule has 1 fully saturated rings. The topological polar surface area (TPSA) is 50.4 Å². The van der Waals surface area contributed by atoms with Gasteiger partial charge in [0.2, 0.25) is 5.91 Å². The number of nitrogens with one attached hydrogen (secondary N) is 2.